The number of para-hydroxylation sites is 1. The molecule has 2 heterocycles. The van der Waals surface area contributed by atoms with Crippen molar-refractivity contribution in [3.63, 3.8) is 0 Å². The van der Waals surface area contributed by atoms with E-state index in [4.69, 9.17) is 0 Å². The molecule has 0 aliphatic carbocycles. The summed E-state index contributed by atoms with van der Waals surface area (Å²) < 4.78 is 5.67. The third kappa shape index (κ3) is 3.25. The number of esters is 1. The van der Waals surface area contributed by atoms with E-state index in [1.807, 2.05) is 29.2 Å². The summed E-state index contributed by atoms with van der Waals surface area (Å²) in [7, 11) is 1.39. The number of likely N-dealkylation sites (tertiary alicyclic amines) is 1. The van der Waals surface area contributed by atoms with Crippen LogP contribution in [-0.4, -0.2) is 53.0 Å². The van der Waals surface area contributed by atoms with E-state index in [0.717, 1.165) is 16.6 Å². The Morgan fingerprint density at radius 2 is 2.27 bits per heavy atom. The number of carbonyl (C=O) groups is 2. The van der Waals surface area contributed by atoms with Crippen LogP contribution >= 0.6 is 23.1 Å². The third-order valence-corrected chi connectivity index (χ3v) is 5.86. The van der Waals surface area contributed by atoms with E-state index in [0.29, 0.717) is 23.8 Å². The van der Waals surface area contributed by atoms with Crippen LogP contribution in [-0.2, 0) is 9.53 Å². The van der Waals surface area contributed by atoms with E-state index in [9.17, 15) is 9.59 Å². The van der Waals surface area contributed by atoms with Crippen molar-refractivity contribution in [2.75, 3.05) is 26.0 Å². The molecule has 1 aliphatic heterocycles. The van der Waals surface area contributed by atoms with Crippen molar-refractivity contribution >= 4 is 45.2 Å². The number of hydrogen-bond acceptors (Lipinski definition) is 6. The number of thioether (sulfide) groups is 1. The number of amides is 1. The van der Waals surface area contributed by atoms with Crippen molar-refractivity contribution in [2.24, 2.45) is 0 Å². The molecule has 1 aromatic heterocycles. The predicted octanol–water partition coefficient (Wildman–Crippen LogP) is 2.42. The Labute approximate surface area is 136 Å². The fraction of sp³-hybridized carbons (Fsp3) is 0.400. The molecule has 3 rings (SSSR count). The van der Waals surface area contributed by atoms with Gasteiger partial charge in [-0.3, -0.25) is 9.59 Å². The maximum Gasteiger partial charge on any atom is 0.315 e. The Morgan fingerprint density at radius 3 is 3.05 bits per heavy atom. The highest BCUT2D eigenvalue weighted by Gasteiger charge is 2.29. The molecule has 0 unspecified atom stereocenters. The molecular formula is C15H16N2O3S2. The number of benzene rings is 1. The highest BCUT2D eigenvalue weighted by atomic mass is 32.2. The fourth-order valence-electron chi connectivity index (χ4n) is 2.39. The zero-order valence-electron chi connectivity index (χ0n) is 12.2. The summed E-state index contributed by atoms with van der Waals surface area (Å²) in [6.07, 6.45) is 0.901. The quantitative estimate of drug-likeness (QED) is 0.803. The molecular weight excluding hydrogens is 320 g/mol. The minimum Gasteiger partial charge on any atom is -0.468 e. The average molecular weight is 336 g/mol. The van der Waals surface area contributed by atoms with Gasteiger partial charge in [-0.25, -0.2) is 4.98 Å². The second-order valence-electron chi connectivity index (χ2n) is 5.04. The van der Waals surface area contributed by atoms with Crippen LogP contribution in [0.1, 0.15) is 16.2 Å². The summed E-state index contributed by atoms with van der Waals surface area (Å²) in [6.45, 7) is 1.38. The van der Waals surface area contributed by atoms with E-state index >= 15 is 0 Å². The largest absolute Gasteiger partial charge is 0.468 e. The lowest BCUT2D eigenvalue weighted by molar-refractivity contribution is -0.137. The number of rotatable bonds is 4. The molecule has 0 radical (unpaired) electrons. The number of carbonyl (C=O) groups excluding carboxylic acids is 2. The smallest absolute Gasteiger partial charge is 0.315 e. The van der Waals surface area contributed by atoms with Crippen molar-refractivity contribution < 1.29 is 14.3 Å². The Morgan fingerprint density at radius 1 is 1.45 bits per heavy atom. The molecule has 7 heteroatoms. The van der Waals surface area contributed by atoms with Gasteiger partial charge in [0.15, 0.2) is 5.01 Å². The van der Waals surface area contributed by atoms with Gasteiger partial charge in [0.2, 0.25) is 0 Å². The van der Waals surface area contributed by atoms with Crippen LogP contribution in [0.3, 0.4) is 0 Å². The molecule has 1 aliphatic rings. The molecule has 1 saturated heterocycles. The molecule has 1 amide bonds. The first-order chi connectivity index (χ1) is 10.7. The van der Waals surface area contributed by atoms with E-state index in [1.54, 1.807) is 11.8 Å². The van der Waals surface area contributed by atoms with Gasteiger partial charge >= 0.3 is 5.97 Å². The molecule has 1 aromatic carbocycles. The monoisotopic (exact) mass is 336 g/mol. The Bertz CT molecular complexity index is 668. The summed E-state index contributed by atoms with van der Waals surface area (Å²) in [6, 6.07) is 7.76. The number of ether oxygens (including phenoxy) is 1. The van der Waals surface area contributed by atoms with Gasteiger partial charge in [0.05, 0.1) is 23.1 Å². The number of methoxy groups -OCH3 is 1. The molecule has 1 fully saturated rings. The first kappa shape index (κ1) is 15.3. The molecule has 5 nitrogen and oxygen atoms in total. The van der Waals surface area contributed by atoms with Gasteiger partial charge in [0.1, 0.15) is 0 Å². The molecule has 1 atom stereocenters. The molecule has 0 N–H and O–H groups in total. The SMILES string of the molecule is COC(=O)CS[C@@H]1CCN(C(=O)c2nc3ccccc3s2)C1. The Hall–Kier alpha value is -1.60. The van der Waals surface area contributed by atoms with E-state index in [1.165, 1.54) is 18.4 Å². The molecule has 0 bridgehead atoms. The lowest BCUT2D eigenvalue weighted by atomic mass is 10.3. The Balaban J connectivity index is 1.62. The standard InChI is InChI=1S/C15H16N2O3S2/c1-20-13(18)9-21-10-6-7-17(8-10)15(19)14-16-11-4-2-3-5-12(11)22-14/h2-5,10H,6-9H2,1H3/t10-/m1/s1. The summed E-state index contributed by atoms with van der Waals surface area (Å²) in [5.41, 5.74) is 0.867. The van der Waals surface area contributed by atoms with Crippen LogP contribution in [0.2, 0.25) is 0 Å². The maximum atomic E-state index is 12.5. The summed E-state index contributed by atoms with van der Waals surface area (Å²) in [5.74, 6) is 0.105. The van der Waals surface area contributed by atoms with Crippen LogP contribution in [0.5, 0.6) is 0 Å². The molecule has 2 aromatic rings. The van der Waals surface area contributed by atoms with E-state index in [2.05, 4.69) is 9.72 Å². The van der Waals surface area contributed by atoms with Gasteiger partial charge < -0.3 is 9.64 Å². The zero-order valence-corrected chi connectivity index (χ0v) is 13.8. The van der Waals surface area contributed by atoms with Crippen LogP contribution in [0.4, 0.5) is 0 Å². The predicted molar refractivity (Wildman–Crippen MR) is 88.4 cm³/mol. The van der Waals surface area contributed by atoms with Crippen LogP contribution in [0, 0.1) is 0 Å². The average Bonchev–Trinajstić information content (AvgIpc) is 3.18. The zero-order chi connectivity index (χ0) is 15.5. The number of thiazole rings is 1. The highest BCUT2D eigenvalue weighted by molar-refractivity contribution is 8.00. The van der Waals surface area contributed by atoms with Crippen LogP contribution in [0.15, 0.2) is 24.3 Å². The van der Waals surface area contributed by atoms with Gasteiger partial charge in [-0.2, -0.15) is 0 Å². The maximum absolute atomic E-state index is 12.5. The van der Waals surface area contributed by atoms with Gasteiger partial charge in [0, 0.05) is 18.3 Å². The first-order valence-electron chi connectivity index (χ1n) is 7.00. The van der Waals surface area contributed by atoms with Crippen molar-refractivity contribution in [3.05, 3.63) is 29.3 Å². The van der Waals surface area contributed by atoms with Crippen molar-refractivity contribution in [2.45, 2.75) is 11.7 Å². The Kier molecular flexibility index (Phi) is 4.63. The lowest BCUT2D eigenvalue weighted by Crippen LogP contribution is -2.29. The van der Waals surface area contributed by atoms with Gasteiger partial charge in [-0.1, -0.05) is 12.1 Å². The van der Waals surface area contributed by atoms with Crippen LogP contribution in [0.25, 0.3) is 10.2 Å². The first-order valence-corrected chi connectivity index (χ1v) is 8.87. The second-order valence-corrected chi connectivity index (χ2v) is 7.36. The van der Waals surface area contributed by atoms with Crippen LogP contribution < -0.4 is 0 Å². The minimum atomic E-state index is -0.221. The number of aromatic nitrogens is 1. The van der Waals surface area contributed by atoms with E-state index < -0.39 is 0 Å². The second kappa shape index (κ2) is 6.66. The molecule has 0 saturated carbocycles. The lowest BCUT2D eigenvalue weighted by Gasteiger charge is -2.14. The molecule has 116 valence electrons. The fourth-order valence-corrected chi connectivity index (χ4v) is 4.37. The topological polar surface area (TPSA) is 59.5 Å². The normalized spacial score (nSPS) is 17.9. The van der Waals surface area contributed by atoms with Crippen molar-refractivity contribution in [3.8, 4) is 0 Å². The number of nitrogens with zero attached hydrogens (tertiary/aromatic N) is 2. The molecule has 22 heavy (non-hydrogen) atoms. The number of hydrogen-bond donors (Lipinski definition) is 0. The molecule has 0 spiro atoms. The van der Waals surface area contributed by atoms with E-state index in [-0.39, 0.29) is 17.1 Å². The third-order valence-electron chi connectivity index (χ3n) is 3.57. The summed E-state index contributed by atoms with van der Waals surface area (Å²) in [4.78, 5) is 29.9. The number of fused-ring (bicyclic) bond motifs is 1. The van der Waals surface area contributed by atoms with Crippen molar-refractivity contribution in [1.29, 1.82) is 0 Å². The minimum absolute atomic E-state index is 0.0117. The summed E-state index contributed by atoms with van der Waals surface area (Å²) >= 11 is 2.98. The van der Waals surface area contributed by atoms with Crippen molar-refractivity contribution in [1.82, 2.24) is 9.88 Å². The van der Waals surface area contributed by atoms with Gasteiger partial charge in [0.25, 0.3) is 5.91 Å². The van der Waals surface area contributed by atoms with Gasteiger partial charge in [-0.05, 0) is 18.6 Å². The highest BCUT2D eigenvalue weighted by Crippen LogP contribution is 2.27. The summed E-state index contributed by atoms with van der Waals surface area (Å²) in [5, 5.41) is 0.831. The van der Waals surface area contributed by atoms with Gasteiger partial charge in [-0.15, -0.1) is 23.1 Å².